The van der Waals surface area contributed by atoms with Crippen LogP contribution in [0.3, 0.4) is 0 Å². The molecule has 3 aromatic rings. The standard InChI is InChI=1S/C33H33F2NO2/c1-2-24-19-28(35)12-14-29(24)31-6-3-5-26-18-27(33(37)38)11-13-30(26)32(31)25-9-7-22(8-10-25)17-23-20-36(21-23)16-4-15-34/h7-14,17-19H,2-6,15-16,20-21H2,1H3,(H,37,38). The molecule has 0 amide bonds. The Balaban J connectivity index is 1.57. The maximum atomic E-state index is 14.1. The van der Waals surface area contributed by atoms with E-state index in [-0.39, 0.29) is 12.5 Å². The van der Waals surface area contributed by atoms with Gasteiger partial charge in [-0.1, -0.05) is 49.4 Å². The second-order valence-electron chi connectivity index (χ2n) is 10.2. The van der Waals surface area contributed by atoms with Crippen molar-refractivity contribution in [1.29, 1.82) is 0 Å². The average Bonchev–Trinajstić information content (AvgIpc) is 3.09. The summed E-state index contributed by atoms with van der Waals surface area (Å²) in [5.41, 5.74) is 10.2. The van der Waals surface area contributed by atoms with Gasteiger partial charge in [-0.25, -0.2) is 9.18 Å². The number of likely N-dealkylation sites (tertiary alicyclic amines) is 1. The number of halogens is 2. The molecule has 0 bridgehead atoms. The van der Waals surface area contributed by atoms with Crippen molar-refractivity contribution in [2.24, 2.45) is 0 Å². The van der Waals surface area contributed by atoms with E-state index in [1.165, 1.54) is 17.2 Å². The summed E-state index contributed by atoms with van der Waals surface area (Å²) in [7, 11) is 0. The lowest BCUT2D eigenvalue weighted by molar-refractivity contribution is 0.0696. The number of rotatable bonds is 8. The molecular weight excluding hydrogens is 480 g/mol. The molecule has 0 saturated carbocycles. The smallest absolute Gasteiger partial charge is 0.335 e. The molecule has 5 heteroatoms. The third-order valence-electron chi connectivity index (χ3n) is 7.60. The fourth-order valence-corrected chi connectivity index (χ4v) is 5.71. The van der Waals surface area contributed by atoms with Crippen LogP contribution >= 0.6 is 0 Å². The number of carbonyl (C=O) groups is 1. The molecule has 0 atom stereocenters. The first-order valence-corrected chi connectivity index (χ1v) is 13.4. The molecule has 0 spiro atoms. The Hall–Kier alpha value is -3.57. The molecule has 3 nitrogen and oxygen atoms in total. The van der Waals surface area contributed by atoms with Crippen LogP contribution in [0.1, 0.15) is 69.9 Å². The third-order valence-corrected chi connectivity index (χ3v) is 7.60. The average molecular weight is 514 g/mol. The largest absolute Gasteiger partial charge is 0.478 e. The van der Waals surface area contributed by atoms with E-state index >= 15 is 0 Å². The van der Waals surface area contributed by atoms with Crippen LogP contribution in [-0.2, 0) is 12.8 Å². The molecule has 1 saturated heterocycles. The Morgan fingerprint density at radius 1 is 1.00 bits per heavy atom. The maximum absolute atomic E-state index is 14.1. The zero-order valence-electron chi connectivity index (χ0n) is 21.8. The Morgan fingerprint density at radius 2 is 1.76 bits per heavy atom. The van der Waals surface area contributed by atoms with E-state index in [4.69, 9.17) is 0 Å². The second kappa shape index (κ2) is 11.4. The Kier molecular flexibility index (Phi) is 7.85. The molecule has 5 rings (SSSR count). The van der Waals surface area contributed by atoms with Gasteiger partial charge < -0.3 is 5.11 Å². The summed E-state index contributed by atoms with van der Waals surface area (Å²) in [5.74, 6) is -1.16. The number of alkyl halides is 1. The predicted octanol–water partition coefficient (Wildman–Crippen LogP) is 7.44. The first kappa shape index (κ1) is 26.1. The Morgan fingerprint density at radius 3 is 2.47 bits per heavy atom. The first-order chi connectivity index (χ1) is 18.5. The highest BCUT2D eigenvalue weighted by Crippen LogP contribution is 2.41. The van der Waals surface area contributed by atoms with Crippen LogP contribution in [0, 0.1) is 5.82 Å². The van der Waals surface area contributed by atoms with E-state index in [9.17, 15) is 18.7 Å². The monoisotopic (exact) mass is 513 g/mol. The van der Waals surface area contributed by atoms with Gasteiger partial charge in [0, 0.05) is 19.6 Å². The van der Waals surface area contributed by atoms with E-state index in [2.05, 4.69) is 35.2 Å². The minimum atomic E-state index is -0.925. The van der Waals surface area contributed by atoms with Gasteiger partial charge in [0.05, 0.1) is 12.2 Å². The van der Waals surface area contributed by atoms with Crippen LogP contribution in [0.25, 0.3) is 17.2 Å². The van der Waals surface area contributed by atoms with Crippen molar-refractivity contribution in [3.8, 4) is 0 Å². The van der Waals surface area contributed by atoms with E-state index in [0.717, 1.165) is 84.3 Å². The summed E-state index contributed by atoms with van der Waals surface area (Å²) in [6.07, 6.45) is 6.02. The minimum Gasteiger partial charge on any atom is -0.478 e. The molecule has 3 aromatic carbocycles. The molecule has 196 valence electrons. The summed E-state index contributed by atoms with van der Waals surface area (Å²) in [6, 6.07) is 19.0. The van der Waals surface area contributed by atoms with E-state index in [0.29, 0.717) is 12.0 Å². The quantitative estimate of drug-likeness (QED) is 0.340. The summed E-state index contributed by atoms with van der Waals surface area (Å²) < 4.78 is 26.6. The van der Waals surface area contributed by atoms with Crippen LogP contribution in [-0.4, -0.2) is 42.3 Å². The highest BCUT2D eigenvalue weighted by molar-refractivity contribution is 6.01. The zero-order chi connectivity index (χ0) is 26.6. The van der Waals surface area contributed by atoms with Crippen molar-refractivity contribution in [2.75, 3.05) is 26.3 Å². The normalized spacial score (nSPS) is 15.6. The first-order valence-electron chi connectivity index (χ1n) is 13.4. The van der Waals surface area contributed by atoms with Crippen molar-refractivity contribution in [3.05, 3.63) is 111 Å². The van der Waals surface area contributed by atoms with Gasteiger partial charge in [0.25, 0.3) is 0 Å². The van der Waals surface area contributed by atoms with E-state index in [1.807, 2.05) is 19.1 Å². The van der Waals surface area contributed by atoms with Crippen molar-refractivity contribution >= 4 is 23.2 Å². The highest BCUT2D eigenvalue weighted by Gasteiger charge is 2.23. The summed E-state index contributed by atoms with van der Waals surface area (Å²) in [5, 5.41) is 9.58. The lowest BCUT2D eigenvalue weighted by Crippen LogP contribution is -2.40. The van der Waals surface area contributed by atoms with Gasteiger partial charge in [0.2, 0.25) is 0 Å². The molecule has 1 fully saturated rings. The number of fused-ring (bicyclic) bond motifs is 1. The van der Waals surface area contributed by atoms with Gasteiger partial charge in [-0.15, -0.1) is 0 Å². The van der Waals surface area contributed by atoms with Crippen molar-refractivity contribution in [1.82, 2.24) is 4.90 Å². The van der Waals surface area contributed by atoms with Crippen LogP contribution in [0.2, 0.25) is 0 Å². The molecule has 2 aliphatic rings. The van der Waals surface area contributed by atoms with Crippen LogP contribution < -0.4 is 0 Å². The number of nitrogens with zero attached hydrogens (tertiary/aromatic N) is 1. The number of hydrogen-bond acceptors (Lipinski definition) is 2. The Labute approximate surface area is 223 Å². The summed E-state index contributed by atoms with van der Waals surface area (Å²) in [4.78, 5) is 13.9. The van der Waals surface area contributed by atoms with Gasteiger partial charge in [-0.05, 0) is 106 Å². The third kappa shape index (κ3) is 5.48. The van der Waals surface area contributed by atoms with Gasteiger partial charge in [0.15, 0.2) is 0 Å². The molecule has 1 aliphatic carbocycles. The molecule has 0 unspecified atom stereocenters. The topological polar surface area (TPSA) is 40.5 Å². The summed E-state index contributed by atoms with van der Waals surface area (Å²) in [6.45, 7) is 4.36. The van der Waals surface area contributed by atoms with Gasteiger partial charge in [-0.2, -0.15) is 0 Å². The van der Waals surface area contributed by atoms with Crippen molar-refractivity contribution < 1.29 is 18.7 Å². The highest BCUT2D eigenvalue weighted by atomic mass is 19.1. The van der Waals surface area contributed by atoms with E-state index < -0.39 is 5.97 Å². The number of carboxylic acids is 1. The molecule has 0 aromatic heterocycles. The number of aryl methyl sites for hydroxylation is 2. The number of hydrogen-bond donors (Lipinski definition) is 1. The number of carboxylic acid groups (broad SMARTS) is 1. The number of benzene rings is 3. The Bertz CT molecular complexity index is 1400. The SMILES string of the molecule is CCc1cc(F)ccc1C1=C(c2ccc(C=C3CN(CCCF)C3)cc2)c2ccc(C(=O)O)cc2CCC1. The molecule has 38 heavy (non-hydrogen) atoms. The van der Waals surface area contributed by atoms with Crippen molar-refractivity contribution in [3.63, 3.8) is 0 Å². The zero-order valence-corrected chi connectivity index (χ0v) is 21.8. The fourth-order valence-electron chi connectivity index (χ4n) is 5.71. The van der Waals surface area contributed by atoms with Gasteiger partial charge in [-0.3, -0.25) is 9.29 Å². The minimum absolute atomic E-state index is 0.232. The molecule has 1 N–H and O–H groups in total. The van der Waals surface area contributed by atoms with Crippen LogP contribution in [0.15, 0.2) is 66.2 Å². The fraction of sp³-hybridized carbons (Fsp3) is 0.303. The van der Waals surface area contributed by atoms with Crippen molar-refractivity contribution in [2.45, 2.75) is 39.0 Å². The molecule has 0 radical (unpaired) electrons. The maximum Gasteiger partial charge on any atom is 0.335 e. The number of aromatic carboxylic acids is 1. The van der Waals surface area contributed by atoms with Crippen LogP contribution in [0.4, 0.5) is 8.78 Å². The summed E-state index contributed by atoms with van der Waals surface area (Å²) >= 11 is 0. The van der Waals surface area contributed by atoms with Crippen LogP contribution in [0.5, 0.6) is 0 Å². The predicted molar refractivity (Wildman–Crippen MR) is 149 cm³/mol. The lowest BCUT2D eigenvalue weighted by atomic mass is 9.85. The second-order valence-corrected chi connectivity index (χ2v) is 10.2. The van der Waals surface area contributed by atoms with E-state index in [1.54, 1.807) is 18.2 Å². The lowest BCUT2D eigenvalue weighted by Gasteiger charge is -2.33. The molecular formula is C33H33F2NO2. The molecule has 1 heterocycles. The molecule has 1 aliphatic heterocycles. The number of allylic oxidation sites excluding steroid dienone is 1. The van der Waals surface area contributed by atoms with Gasteiger partial charge in [0.1, 0.15) is 5.82 Å². The van der Waals surface area contributed by atoms with Gasteiger partial charge >= 0.3 is 5.97 Å².